The van der Waals surface area contributed by atoms with E-state index in [1.54, 1.807) is 26.7 Å². The summed E-state index contributed by atoms with van der Waals surface area (Å²) < 4.78 is 3.33. The molecule has 0 saturated carbocycles. The molecule has 1 aliphatic rings. The van der Waals surface area contributed by atoms with Crippen LogP contribution in [0.3, 0.4) is 0 Å². The molecule has 1 fully saturated rings. The van der Waals surface area contributed by atoms with Gasteiger partial charge in [-0.25, -0.2) is 0 Å². The van der Waals surface area contributed by atoms with Crippen molar-refractivity contribution in [3.63, 3.8) is 0 Å². The van der Waals surface area contributed by atoms with Crippen LogP contribution in [-0.2, 0) is 14.1 Å². The molecule has 1 saturated heterocycles. The number of hydrogen-bond donors (Lipinski definition) is 0. The molecular weight excluding hydrogens is 344 g/mol. The van der Waals surface area contributed by atoms with Crippen molar-refractivity contribution in [2.75, 3.05) is 26.7 Å². The van der Waals surface area contributed by atoms with Gasteiger partial charge in [-0.1, -0.05) is 0 Å². The van der Waals surface area contributed by atoms with Crippen molar-refractivity contribution in [1.82, 2.24) is 29.4 Å². The van der Waals surface area contributed by atoms with Crippen LogP contribution in [0.5, 0.6) is 0 Å². The van der Waals surface area contributed by atoms with Crippen molar-refractivity contribution < 1.29 is 9.59 Å². The predicted molar refractivity (Wildman–Crippen MR) is 101 cm³/mol. The average molecular weight is 372 g/mol. The van der Waals surface area contributed by atoms with E-state index >= 15 is 0 Å². The van der Waals surface area contributed by atoms with E-state index in [9.17, 15) is 9.59 Å². The quantitative estimate of drug-likeness (QED) is 0.813. The first-order valence-corrected chi connectivity index (χ1v) is 9.31. The van der Waals surface area contributed by atoms with Gasteiger partial charge in [0.2, 0.25) is 0 Å². The maximum Gasteiger partial charge on any atom is 0.257 e. The van der Waals surface area contributed by atoms with Gasteiger partial charge in [0, 0.05) is 53.2 Å². The first-order chi connectivity index (χ1) is 12.8. The van der Waals surface area contributed by atoms with Crippen LogP contribution in [0.2, 0.25) is 0 Å². The predicted octanol–water partition coefficient (Wildman–Crippen LogP) is 1.39. The number of carbonyl (C=O) groups is 2. The Morgan fingerprint density at radius 2 is 1.70 bits per heavy atom. The number of aromatic nitrogens is 4. The molecule has 0 radical (unpaired) electrons. The van der Waals surface area contributed by atoms with Crippen molar-refractivity contribution in [2.45, 2.75) is 26.7 Å². The lowest BCUT2D eigenvalue weighted by atomic mass is 9.96. The Bertz CT molecular complexity index is 851. The number of nitrogens with zero attached hydrogens (tertiary/aromatic N) is 6. The number of piperidine rings is 1. The number of carbonyl (C=O) groups excluding carboxylic acids is 2. The van der Waals surface area contributed by atoms with Gasteiger partial charge in [-0.3, -0.25) is 19.0 Å². The van der Waals surface area contributed by atoms with E-state index in [0.717, 1.165) is 30.8 Å². The molecule has 0 aliphatic carbocycles. The summed E-state index contributed by atoms with van der Waals surface area (Å²) >= 11 is 0. The van der Waals surface area contributed by atoms with E-state index in [4.69, 9.17) is 0 Å². The summed E-state index contributed by atoms with van der Waals surface area (Å²) in [4.78, 5) is 29.2. The van der Waals surface area contributed by atoms with E-state index in [-0.39, 0.29) is 17.7 Å². The van der Waals surface area contributed by atoms with Crippen molar-refractivity contribution in [3.05, 3.63) is 34.9 Å². The third-order valence-corrected chi connectivity index (χ3v) is 5.17. The number of likely N-dealkylation sites (tertiary alicyclic amines) is 1. The van der Waals surface area contributed by atoms with Crippen LogP contribution in [0.1, 0.15) is 44.9 Å². The van der Waals surface area contributed by atoms with Gasteiger partial charge < -0.3 is 9.80 Å². The third kappa shape index (κ3) is 4.04. The van der Waals surface area contributed by atoms with Crippen LogP contribution >= 0.6 is 0 Å². The number of amides is 2. The molecule has 27 heavy (non-hydrogen) atoms. The zero-order valence-electron chi connectivity index (χ0n) is 16.8. The van der Waals surface area contributed by atoms with Crippen molar-refractivity contribution >= 4 is 11.8 Å². The second-order valence-electron chi connectivity index (χ2n) is 7.55. The number of hydrogen-bond acceptors (Lipinski definition) is 4. The summed E-state index contributed by atoms with van der Waals surface area (Å²) in [6.45, 7) is 5.75. The minimum atomic E-state index is -0.0212. The molecule has 0 bridgehead atoms. The maximum atomic E-state index is 12.8. The number of aryl methyl sites for hydroxylation is 4. The Morgan fingerprint density at radius 1 is 1.11 bits per heavy atom. The molecule has 146 valence electrons. The van der Waals surface area contributed by atoms with E-state index < -0.39 is 0 Å². The molecule has 8 nitrogen and oxygen atoms in total. The highest BCUT2D eigenvalue weighted by molar-refractivity contribution is 5.95. The normalized spacial score (nSPS) is 17.2. The van der Waals surface area contributed by atoms with Crippen LogP contribution in [0, 0.1) is 19.8 Å². The molecule has 2 aromatic heterocycles. The fourth-order valence-corrected chi connectivity index (χ4v) is 3.86. The second kappa shape index (κ2) is 7.54. The van der Waals surface area contributed by atoms with Gasteiger partial charge >= 0.3 is 0 Å². The SMILES string of the molecule is Cc1nn(C)cc1C(=O)N(C)C[C@@H]1CCCN(C(=O)c2cn(C)nc2C)C1. The zero-order chi connectivity index (χ0) is 19.7. The molecule has 1 atom stereocenters. The average Bonchev–Trinajstić information content (AvgIpc) is 3.14. The molecule has 0 unspecified atom stereocenters. The molecule has 1 aliphatic heterocycles. The Kier molecular flexibility index (Phi) is 5.34. The summed E-state index contributed by atoms with van der Waals surface area (Å²) in [5.74, 6) is 0.278. The molecule has 8 heteroatoms. The number of rotatable bonds is 4. The lowest BCUT2D eigenvalue weighted by Crippen LogP contribution is -2.44. The maximum absolute atomic E-state index is 12.8. The van der Waals surface area contributed by atoms with Crippen molar-refractivity contribution in [3.8, 4) is 0 Å². The van der Waals surface area contributed by atoms with Crippen molar-refractivity contribution in [2.24, 2.45) is 20.0 Å². The highest BCUT2D eigenvalue weighted by Crippen LogP contribution is 2.21. The molecule has 0 N–H and O–H groups in total. The van der Waals surface area contributed by atoms with Crippen LogP contribution < -0.4 is 0 Å². The van der Waals surface area contributed by atoms with Gasteiger partial charge in [-0.2, -0.15) is 10.2 Å². The third-order valence-electron chi connectivity index (χ3n) is 5.17. The van der Waals surface area contributed by atoms with Gasteiger partial charge in [0.15, 0.2) is 0 Å². The van der Waals surface area contributed by atoms with E-state index in [1.807, 2.05) is 39.9 Å². The van der Waals surface area contributed by atoms with Gasteiger partial charge in [0.1, 0.15) is 0 Å². The van der Waals surface area contributed by atoms with E-state index in [1.165, 1.54) is 0 Å². The Morgan fingerprint density at radius 3 is 2.26 bits per heavy atom. The minimum Gasteiger partial charge on any atom is -0.341 e. The van der Waals surface area contributed by atoms with E-state index in [2.05, 4.69) is 10.2 Å². The Hall–Kier alpha value is -2.64. The minimum absolute atomic E-state index is 0.0212. The fraction of sp³-hybridized carbons (Fsp3) is 0.579. The summed E-state index contributed by atoms with van der Waals surface area (Å²) in [6, 6.07) is 0. The highest BCUT2D eigenvalue weighted by Gasteiger charge is 2.28. The van der Waals surface area contributed by atoms with Gasteiger partial charge in [0.25, 0.3) is 11.8 Å². The zero-order valence-corrected chi connectivity index (χ0v) is 16.8. The standard InChI is InChI=1S/C19H28N6O2/c1-13-16(11-23(4)20-13)18(26)22(3)9-15-7-6-8-25(10-15)19(27)17-12-24(5)21-14(17)2/h11-12,15H,6-10H2,1-5H3/t15-/m0/s1. The topological polar surface area (TPSA) is 76.3 Å². The highest BCUT2D eigenvalue weighted by atomic mass is 16.2. The first kappa shape index (κ1) is 19.1. The van der Waals surface area contributed by atoms with Gasteiger partial charge in [-0.15, -0.1) is 0 Å². The van der Waals surface area contributed by atoms with Gasteiger partial charge in [0.05, 0.1) is 22.5 Å². The summed E-state index contributed by atoms with van der Waals surface area (Å²) in [5, 5.41) is 8.52. The van der Waals surface area contributed by atoms with Crippen molar-refractivity contribution in [1.29, 1.82) is 0 Å². The fourth-order valence-electron chi connectivity index (χ4n) is 3.86. The molecule has 0 spiro atoms. The molecule has 2 amide bonds. The van der Waals surface area contributed by atoms with E-state index in [0.29, 0.717) is 24.2 Å². The largest absolute Gasteiger partial charge is 0.341 e. The molecule has 2 aromatic rings. The van der Waals surface area contributed by atoms with Crippen LogP contribution in [0.25, 0.3) is 0 Å². The lowest BCUT2D eigenvalue weighted by molar-refractivity contribution is 0.0617. The lowest BCUT2D eigenvalue weighted by Gasteiger charge is -2.34. The van der Waals surface area contributed by atoms with Crippen LogP contribution in [-0.4, -0.2) is 67.9 Å². The Labute approximate surface area is 159 Å². The summed E-state index contributed by atoms with van der Waals surface area (Å²) in [5.41, 5.74) is 2.79. The van der Waals surface area contributed by atoms with Gasteiger partial charge in [-0.05, 0) is 32.6 Å². The Balaban J connectivity index is 1.64. The smallest absolute Gasteiger partial charge is 0.257 e. The summed E-state index contributed by atoms with van der Waals surface area (Å²) in [7, 11) is 5.46. The molecular formula is C19H28N6O2. The monoisotopic (exact) mass is 372 g/mol. The molecule has 3 rings (SSSR count). The molecule has 3 heterocycles. The molecule has 0 aromatic carbocycles. The van der Waals surface area contributed by atoms with Crippen LogP contribution in [0.15, 0.2) is 12.4 Å². The summed E-state index contributed by atoms with van der Waals surface area (Å²) in [6.07, 6.45) is 5.50. The van der Waals surface area contributed by atoms with Crippen LogP contribution in [0.4, 0.5) is 0 Å². The first-order valence-electron chi connectivity index (χ1n) is 9.31. The second-order valence-corrected chi connectivity index (χ2v) is 7.55.